The Bertz CT molecular complexity index is 1030. The van der Waals surface area contributed by atoms with Gasteiger partial charge in [-0.1, -0.05) is 38.5 Å². The van der Waals surface area contributed by atoms with Gasteiger partial charge < -0.3 is 25.2 Å². The highest BCUT2D eigenvalue weighted by molar-refractivity contribution is 6.03. The number of aliphatic carboxylic acids is 2. The van der Waals surface area contributed by atoms with Crippen molar-refractivity contribution in [3.8, 4) is 0 Å². The summed E-state index contributed by atoms with van der Waals surface area (Å²) < 4.78 is 4.65. The molecule has 0 atom stereocenters. The molecule has 0 spiro atoms. The molecule has 2 aromatic carbocycles. The van der Waals surface area contributed by atoms with Crippen molar-refractivity contribution >= 4 is 35.8 Å². The van der Waals surface area contributed by atoms with Gasteiger partial charge in [0.25, 0.3) is 0 Å². The molecule has 0 fully saturated rings. The molecule has 0 saturated heterocycles. The lowest BCUT2D eigenvalue weighted by molar-refractivity contribution is -0.138. The largest absolute Gasteiger partial charge is 0.481 e. The monoisotopic (exact) mass is 544 g/mol. The van der Waals surface area contributed by atoms with Crippen molar-refractivity contribution in [2.75, 3.05) is 0 Å². The molecule has 0 aliphatic heterocycles. The zero-order chi connectivity index (χ0) is 29.2. The fourth-order valence-corrected chi connectivity index (χ4v) is 3.31. The van der Waals surface area contributed by atoms with Crippen LogP contribution in [-0.2, 0) is 14.3 Å². The molecule has 0 amide bonds. The number of carbonyl (C=O) groups excluding carboxylic acids is 2. The van der Waals surface area contributed by atoms with Gasteiger partial charge in [0.2, 0.25) is 0 Å². The third-order valence-corrected chi connectivity index (χ3v) is 5.45. The number of aromatic carboxylic acids is 2. The van der Waals surface area contributed by atoms with Crippen molar-refractivity contribution in [2.45, 2.75) is 64.2 Å². The molecule has 2 aromatic rings. The maximum Gasteiger partial charge on any atom is 0.346 e. The summed E-state index contributed by atoms with van der Waals surface area (Å²) in [5.41, 5.74) is 0.0327. The number of hydrogen-bond donors (Lipinski definition) is 4. The summed E-state index contributed by atoms with van der Waals surface area (Å²) >= 11 is 0. The van der Waals surface area contributed by atoms with E-state index in [-0.39, 0.29) is 35.1 Å². The second-order valence-electron chi connectivity index (χ2n) is 8.56. The summed E-state index contributed by atoms with van der Waals surface area (Å²) in [6, 6.07) is 9.77. The van der Waals surface area contributed by atoms with Gasteiger partial charge >= 0.3 is 35.8 Å². The minimum atomic E-state index is -1.14. The number of benzene rings is 2. The van der Waals surface area contributed by atoms with Gasteiger partial charge in [0.15, 0.2) is 0 Å². The van der Waals surface area contributed by atoms with Gasteiger partial charge in [0, 0.05) is 12.8 Å². The average molecular weight is 545 g/mol. The summed E-state index contributed by atoms with van der Waals surface area (Å²) in [5, 5.41) is 34.3. The van der Waals surface area contributed by atoms with E-state index >= 15 is 0 Å². The van der Waals surface area contributed by atoms with E-state index in [1.165, 1.54) is 48.5 Å². The van der Waals surface area contributed by atoms with Crippen LogP contribution in [0.4, 0.5) is 0 Å². The fraction of sp³-hybridized carbons (Fsp3) is 0.357. The summed E-state index contributed by atoms with van der Waals surface area (Å²) in [6.45, 7) is 0. The lowest BCUT2D eigenvalue weighted by atomic mass is 10.1. The van der Waals surface area contributed by atoms with E-state index < -0.39 is 35.8 Å². The third-order valence-electron chi connectivity index (χ3n) is 5.45. The highest BCUT2D eigenvalue weighted by atomic mass is 16.6. The van der Waals surface area contributed by atoms with Crippen molar-refractivity contribution in [2.24, 2.45) is 0 Å². The summed E-state index contributed by atoms with van der Waals surface area (Å²) in [5.74, 6) is -5.58. The molecule has 0 radical (unpaired) electrons. The molecule has 39 heavy (non-hydrogen) atoms. The predicted octanol–water partition coefficient (Wildman–Crippen LogP) is 5.14. The Balaban J connectivity index is 0.000000420. The van der Waals surface area contributed by atoms with Crippen molar-refractivity contribution in [1.29, 1.82) is 0 Å². The Hall–Kier alpha value is -4.54. The first kappa shape index (κ1) is 32.5. The Morgan fingerprint density at radius 3 is 0.949 bits per heavy atom. The van der Waals surface area contributed by atoms with Crippen molar-refractivity contribution in [3.63, 3.8) is 0 Å². The highest BCUT2D eigenvalue weighted by Crippen LogP contribution is 2.11. The van der Waals surface area contributed by atoms with E-state index in [0.717, 1.165) is 51.4 Å². The van der Waals surface area contributed by atoms with Gasteiger partial charge in [-0.15, -0.1) is 0 Å². The second kappa shape index (κ2) is 17.8. The topological polar surface area (TPSA) is 193 Å². The van der Waals surface area contributed by atoms with Crippen LogP contribution in [0.15, 0.2) is 48.5 Å². The predicted molar refractivity (Wildman–Crippen MR) is 138 cm³/mol. The Kier molecular flexibility index (Phi) is 14.9. The van der Waals surface area contributed by atoms with E-state index in [4.69, 9.17) is 20.4 Å². The van der Waals surface area contributed by atoms with Crippen LogP contribution >= 0.6 is 0 Å². The smallest absolute Gasteiger partial charge is 0.346 e. The lowest BCUT2D eigenvalue weighted by Gasteiger charge is -2.04. The van der Waals surface area contributed by atoms with E-state index in [9.17, 15) is 28.8 Å². The van der Waals surface area contributed by atoms with Crippen molar-refractivity contribution < 1.29 is 53.9 Å². The molecule has 0 aliphatic carbocycles. The number of esters is 2. The van der Waals surface area contributed by atoms with E-state index in [1.54, 1.807) is 0 Å². The molecule has 0 aliphatic rings. The van der Waals surface area contributed by atoms with Gasteiger partial charge in [-0.05, 0) is 61.4 Å². The summed E-state index contributed by atoms with van der Waals surface area (Å²) in [6.07, 6.45) is 8.51. The number of ether oxygens (including phenoxy) is 1. The van der Waals surface area contributed by atoms with Gasteiger partial charge in [-0.25, -0.2) is 19.2 Å². The van der Waals surface area contributed by atoms with Crippen molar-refractivity contribution in [1.82, 2.24) is 0 Å². The number of hydrogen-bond acceptors (Lipinski definition) is 7. The van der Waals surface area contributed by atoms with E-state index in [0.29, 0.717) is 0 Å². The molecule has 0 saturated carbocycles. The molecule has 0 unspecified atom stereocenters. The molecule has 4 N–H and O–H groups in total. The number of unbranched alkanes of at least 4 members (excludes halogenated alkanes) is 7. The second-order valence-corrected chi connectivity index (χ2v) is 8.56. The maximum atomic E-state index is 11.8. The minimum absolute atomic E-state index is 0.00265. The van der Waals surface area contributed by atoms with Crippen LogP contribution in [0.3, 0.4) is 0 Å². The zero-order valence-corrected chi connectivity index (χ0v) is 21.3. The van der Waals surface area contributed by atoms with Crippen molar-refractivity contribution in [3.05, 3.63) is 70.8 Å². The molecule has 2 rings (SSSR count). The summed E-state index contributed by atoms with van der Waals surface area (Å²) in [4.78, 5) is 65.4. The highest BCUT2D eigenvalue weighted by Gasteiger charge is 2.16. The van der Waals surface area contributed by atoms with Crippen LogP contribution in [0.2, 0.25) is 0 Å². The zero-order valence-electron chi connectivity index (χ0n) is 21.3. The molecule has 11 heteroatoms. The summed E-state index contributed by atoms with van der Waals surface area (Å²) in [7, 11) is 0. The Labute approximate surface area is 225 Å². The first-order valence-corrected chi connectivity index (χ1v) is 12.4. The van der Waals surface area contributed by atoms with E-state index in [1.807, 2.05) is 0 Å². The van der Waals surface area contributed by atoms with E-state index in [2.05, 4.69) is 4.74 Å². The SMILES string of the molecule is O=C(O)CCCCCCCCCCC(=O)O.O=C(O)c1ccc(C(=O)OC(=O)c2ccc(C(=O)O)cc2)cc1. The third kappa shape index (κ3) is 14.1. The molecule has 0 bridgehead atoms. The number of carboxylic acid groups (broad SMARTS) is 4. The fourth-order valence-electron chi connectivity index (χ4n) is 3.31. The number of rotatable bonds is 15. The Morgan fingerprint density at radius 1 is 0.436 bits per heavy atom. The number of carbonyl (C=O) groups is 6. The molecular formula is C28H32O11. The molecule has 0 aromatic heterocycles. The molecule has 0 heterocycles. The molecule has 210 valence electrons. The molecular weight excluding hydrogens is 512 g/mol. The number of carboxylic acids is 4. The minimum Gasteiger partial charge on any atom is -0.481 e. The standard InChI is InChI=1S/C16H10O7.C12H22O4/c17-13(18)9-1-5-11(6-2-9)15(21)23-16(22)12-7-3-10(4-8-12)14(19)20;13-11(14)9-7-5-3-1-2-4-6-8-10-12(15)16/h1-8H,(H,17,18)(H,19,20);1-10H2,(H,13,14)(H,15,16). The van der Waals surface area contributed by atoms with Crippen LogP contribution in [-0.4, -0.2) is 56.2 Å². The Morgan fingerprint density at radius 2 is 0.692 bits per heavy atom. The van der Waals surface area contributed by atoms with Gasteiger partial charge in [0.05, 0.1) is 22.3 Å². The van der Waals surface area contributed by atoms with Gasteiger partial charge in [0.1, 0.15) is 0 Å². The first-order valence-electron chi connectivity index (χ1n) is 12.4. The van der Waals surface area contributed by atoms with Crippen LogP contribution in [0.5, 0.6) is 0 Å². The van der Waals surface area contributed by atoms with Crippen LogP contribution in [0.25, 0.3) is 0 Å². The average Bonchev–Trinajstić information content (AvgIpc) is 2.89. The van der Waals surface area contributed by atoms with Gasteiger partial charge in [-0.3, -0.25) is 9.59 Å². The first-order chi connectivity index (χ1) is 18.5. The van der Waals surface area contributed by atoms with Crippen LogP contribution < -0.4 is 0 Å². The molecule has 11 nitrogen and oxygen atoms in total. The van der Waals surface area contributed by atoms with Crippen LogP contribution in [0, 0.1) is 0 Å². The van der Waals surface area contributed by atoms with Gasteiger partial charge in [-0.2, -0.15) is 0 Å². The normalized spacial score (nSPS) is 10.1. The maximum absolute atomic E-state index is 11.8. The quantitative estimate of drug-likeness (QED) is 0.132. The van der Waals surface area contributed by atoms with Crippen LogP contribution in [0.1, 0.15) is 106 Å². The lowest BCUT2D eigenvalue weighted by Crippen LogP contribution is -2.13.